The fourth-order valence-corrected chi connectivity index (χ4v) is 2.08. The van der Waals surface area contributed by atoms with E-state index in [1.165, 1.54) is 14.2 Å². The van der Waals surface area contributed by atoms with Gasteiger partial charge in [0.1, 0.15) is 17.3 Å². The molecule has 2 rings (SSSR count). The SMILES string of the molecule is COc1ccc(C(=O)N(C)C(N)=Nc2ccc(F)cc2F)cc1C. The highest BCUT2D eigenvalue weighted by molar-refractivity contribution is 6.05. The lowest BCUT2D eigenvalue weighted by Gasteiger charge is -2.17. The number of aryl methyl sites for hydroxylation is 1. The largest absolute Gasteiger partial charge is 0.496 e. The predicted molar refractivity (Wildman–Crippen MR) is 87.5 cm³/mol. The third-order valence-electron chi connectivity index (χ3n) is 3.43. The highest BCUT2D eigenvalue weighted by atomic mass is 19.1. The van der Waals surface area contributed by atoms with Crippen molar-refractivity contribution in [2.45, 2.75) is 6.92 Å². The van der Waals surface area contributed by atoms with Crippen LogP contribution < -0.4 is 10.5 Å². The Balaban J connectivity index is 2.26. The number of amides is 1. The van der Waals surface area contributed by atoms with E-state index in [0.29, 0.717) is 17.4 Å². The number of rotatable bonds is 3. The molecular formula is C17H17F2N3O2. The number of nitrogens with two attached hydrogens (primary N) is 1. The number of carbonyl (C=O) groups is 1. The van der Waals surface area contributed by atoms with Gasteiger partial charge < -0.3 is 10.5 Å². The first kappa shape index (κ1) is 17.4. The van der Waals surface area contributed by atoms with Crippen molar-refractivity contribution in [3.8, 4) is 5.75 Å². The van der Waals surface area contributed by atoms with Gasteiger partial charge in [0.15, 0.2) is 5.82 Å². The molecule has 0 aliphatic heterocycles. The zero-order chi connectivity index (χ0) is 17.9. The molecule has 2 N–H and O–H groups in total. The van der Waals surface area contributed by atoms with E-state index in [9.17, 15) is 13.6 Å². The minimum Gasteiger partial charge on any atom is -0.496 e. The van der Waals surface area contributed by atoms with Gasteiger partial charge in [-0.2, -0.15) is 0 Å². The van der Waals surface area contributed by atoms with Gasteiger partial charge in [0.25, 0.3) is 5.91 Å². The van der Waals surface area contributed by atoms with Gasteiger partial charge in [-0.25, -0.2) is 13.8 Å². The summed E-state index contributed by atoms with van der Waals surface area (Å²) in [5.41, 5.74) is 6.78. The summed E-state index contributed by atoms with van der Waals surface area (Å²) in [7, 11) is 2.96. The van der Waals surface area contributed by atoms with Crippen LogP contribution in [0.15, 0.2) is 41.4 Å². The average molecular weight is 333 g/mol. The molecule has 0 aromatic heterocycles. The summed E-state index contributed by atoms with van der Waals surface area (Å²) in [6.07, 6.45) is 0. The van der Waals surface area contributed by atoms with Crippen molar-refractivity contribution >= 4 is 17.6 Å². The second kappa shape index (κ2) is 7.08. The van der Waals surface area contributed by atoms with Crippen molar-refractivity contribution in [2.24, 2.45) is 10.7 Å². The first-order valence-corrected chi connectivity index (χ1v) is 7.05. The van der Waals surface area contributed by atoms with E-state index in [-0.39, 0.29) is 11.6 Å². The number of nitrogens with zero attached hydrogens (tertiary/aromatic N) is 2. The minimum atomic E-state index is -0.862. The predicted octanol–water partition coefficient (Wildman–Crippen LogP) is 3.00. The van der Waals surface area contributed by atoms with Crippen LogP contribution >= 0.6 is 0 Å². The molecule has 0 saturated heterocycles. The molecule has 24 heavy (non-hydrogen) atoms. The minimum absolute atomic E-state index is 0.153. The van der Waals surface area contributed by atoms with Crippen molar-refractivity contribution in [1.82, 2.24) is 4.90 Å². The number of ether oxygens (including phenoxy) is 1. The van der Waals surface area contributed by atoms with Gasteiger partial charge in [-0.15, -0.1) is 0 Å². The second-order valence-corrected chi connectivity index (χ2v) is 5.11. The fraction of sp³-hybridized carbons (Fsp3) is 0.176. The Kier molecular flexibility index (Phi) is 5.13. The van der Waals surface area contributed by atoms with Gasteiger partial charge in [-0.1, -0.05) is 0 Å². The molecule has 126 valence electrons. The maximum atomic E-state index is 13.6. The molecule has 0 heterocycles. The van der Waals surface area contributed by atoms with Crippen molar-refractivity contribution in [2.75, 3.05) is 14.2 Å². The second-order valence-electron chi connectivity index (χ2n) is 5.11. The van der Waals surface area contributed by atoms with Gasteiger partial charge in [0.05, 0.1) is 7.11 Å². The summed E-state index contributed by atoms with van der Waals surface area (Å²) < 4.78 is 31.7. The maximum Gasteiger partial charge on any atom is 0.260 e. The van der Waals surface area contributed by atoms with Crippen LogP contribution in [0, 0.1) is 18.6 Å². The summed E-state index contributed by atoms with van der Waals surface area (Å²) in [5, 5.41) is 0. The number of hydrogen-bond acceptors (Lipinski definition) is 3. The molecule has 0 spiro atoms. The van der Waals surface area contributed by atoms with Crippen LogP contribution in [0.3, 0.4) is 0 Å². The summed E-state index contributed by atoms with van der Waals surface area (Å²) in [6.45, 7) is 1.81. The highest BCUT2D eigenvalue weighted by Gasteiger charge is 2.16. The summed E-state index contributed by atoms with van der Waals surface area (Å²) in [4.78, 5) is 17.4. The van der Waals surface area contributed by atoms with Crippen LogP contribution in [0.4, 0.5) is 14.5 Å². The third kappa shape index (κ3) is 3.68. The molecule has 2 aromatic rings. The van der Waals surface area contributed by atoms with E-state index < -0.39 is 17.5 Å². The van der Waals surface area contributed by atoms with Gasteiger partial charge in [0, 0.05) is 18.7 Å². The van der Waals surface area contributed by atoms with E-state index in [4.69, 9.17) is 10.5 Å². The number of halogens is 2. The van der Waals surface area contributed by atoms with Crippen molar-refractivity contribution < 1.29 is 18.3 Å². The maximum absolute atomic E-state index is 13.6. The number of benzene rings is 2. The van der Waals surface area contributed by atoms with E-state index in [1.54, 1.807) is 25.1 Å². The molecule has 5 nitrogen and oxygen atoms in total. The van der Waals surface area contributed by atoms with E-state index in [1.807, 2.05) is 0 Å². The average Bonchev–Trinajstić information content (AvgIpc) is 2.55. The number of guanidine groups is 1. The molecule has 0 aliphatic carbocycles. The molecule has 0 radical (unpaired) electrons. The molecule has 2 aromatic carbocycles. The van der Waals surface area contributed by atoms with E-state index in [0.717, 1.165) is 22.6 Å². The van der Waals surface area contributed by atoms with Gasteiger partial charge >= 0.3 is 0 Å². The van der Waals surface area contributed by atoms with Crippen LogP contribution in [0.2, 0.25) is 0 Å². The molecular weight excluding hydrogens is 316 g/mol. The van der Waals surface area contributed by atoms with Crippen LogP contribution in [0.5, 0.6) is 5.75 Å². The monoisotopic (exact) mass is 333 g/mol. The Morgan fingerprint density at radius 2 is 1.92 bits per heavy atom. The smallest absolute Gasteiger partial charge is 0.260 e. The molecule has 0 fully saturated rings. The number of hydrogen-bond donors (Lipinski definition) is 1. The lowest BCUT2D eigenvalue weighted by molar-refractivity contribution is 0.0869. The van der Waals surface area contributed by atoms with Crippen LogP contribution in [-0.2, 0) is 0 Å². The van der Waals surface area contributed by atoms with Gasteiger partial charge in [-0.05, 0) is 42.8 Å². The Morgan fingerprint density at radius 1 is 1.21 bits per heavy atom. The van der Waals surface area contributed by atoms with Gasteiger partial charge in [-0.3, -0.25) is 9.69 Å². The van der Waals surface area contributed by atoms with E-state index in [2.05, 4.69) is 4.99 Å². The molecule has 7 heteroatoms. The lowest BCUT2D eigenvalue weighted by atomic mass is 10.1. The first-order chi connectivity index (χ1) is 11.3. The molecule has 0 aliphatic rings. The van der Waals surface area contributed by atoms with Crippen molar-refractivity contribution in [1.29, 1.82) is 0 Å². The molecule has 0 bridgehead atoms. The lowest BCUT2D eigenvalue weighted by Crippen LogP contribution is -2.38. The van der Waals surface area contributed by atoms with Crippen LogP contribution in [0.1, 0.15) is 15.9 Å². The zero-order valence-corrected chi connectivity index (χ0v) is 13.5. The molecule has 0 saturated carbocycles. The van der Waals surface area contributed by atoms with E-state index >= 15 is 0 Å². The zero-order valence-electron chi connectivity index (χ0n) is 13.5. The van der Waals surface area contributed by atoms with Crippen LogP contribution in [0.25, 0.3) is 0 Å². The Bertz CT molecular complexity index is 806. The third-order valence-corrected chi connectivity index (χ3v) is 3.43. The molecule has 0 atom stereocenters. The standard InChI is InChI=1S/C17H17F2N3O2/c1-10-8-11(4-7-15(10)24-3)16(23)22(2)17(20)21-14-6-5-12(18)9-13(14)19/h4-9H,1-3H3,(H2,20,21). The van der Waals surface area contributed by atoms with Gasteiger partial charge in [0.2, 0.25) is 5.96 Å². The quantitative estimate of drug-likeness (QED) is 0.693. The Hall–Kier alpha value is -2.96. The first-order valence-electron chi connectivity index (χ1n) is 7.05. The molecule has 0 unspecified atom stereocenters. The van der Waals surface area contributed by atoms with Crippen LogP contribution in [-0.4, -0.2) is 30.9 Å². The summed E-state index contributed by atoms with van der Waals surface area (Å²) in [5.74, 6) is -1.55. The van der Waals surface area contributed by atoms with Crippen molar-refractivity contribution in [3.63, 3.8) is 0 Å². The Labute approximate surface area is 138 Å². The highest BCUT2D eigenvalue weighted by Crippen LogP contribution is 2.20. The number of carbonyl (C=O) groups excluding carboxylic acids is 1. The summed E-state index contributed by atoms with van der Waals surface area (Å²) in [6, 6.07) is 7.82. The normalized spacial score (nSPS) is 11.3. The molecule has 1 amide bonds. The number of aliphatic imine (C=N–C) groups is 1. The number of methoxy groups -OCH3 is 1. The summed E-state index contributed by atoms with van der Waals surface area (Å²) >= 11 is 0. The fourth-order valence-electron chi connectivity index (χ4n) is 2.08. The topological polar surface area (TPSA) is 67.9 Å². The van der Waals surface area contributed by atoms with Crippen molar-refractivity contribution in [3.05, 3.63) is 59.2 Å². The Morgan fingerprint density at radius 3 is 2.50 bits per heavy atom.